The van der Waals surface area contributed by atoms with E-state index in [0.717, 1.165) is 39.0 Å². The van der Waals surface area contributed by atoms with Gasteiger partial charge in [0.1, 0.15) is 0 Å². The number of hydrogen-bond donors (Lipinski definition) is 2. The lowest BCUT2D eigenvalue weighted by Crippen LogP contribution is -2.44. The maximum atomic E-state index is 12.6. The summed E-state index contributed by atoms with van der Waals surface area (Å²) in [6, 6.07) is 8.42. The van der Waals surface area contributed by atoms with E-state index in [2.05, 4.69) is 46.7 Å². The predicted octanol–water partition coefficient (Wildman–Crippen LogP) is 2.47. The molecule has 6 nitrogen and oxygen atoms in total. The number of benzene rings is 1. The molecule has 2 N–H and O–H groups in total. The van der Waals surface area contributed by atoms with E-state index in [0.29, 0.717) is 18.9 Å². The van der Waals surface area contributed by atoms with Gasteiger partial charge in [-0.15, -0.1) is 0 Å². The van der Waals surface area contributed by atoms with Crippen molar-refractivity contribution in [1.29, 1.82) is 0 Å². The highest BCUT2D eigenvalue weighted by Crippen LogP contribution is 2.35. The standard InChI is InChI=1S/C21H28N4O2/c1-15-4-2-3-5-18(15)19-14-23-24-21(19)16-6-9-25(10-7-16)20(26)12-17-13-22-8-11-27-17/h2-5,14,16-17,22H,6-13H2,1H3,(H,23,24)/t17-/m1/s1. The molecule has 0 unspecified atom stereocenters. The molecule has 6 heteroatoms. The van der Waals surface area contributed by atoms with Gasteiger partial charge in [0.15, 0.2) is 0 Å². The number of carbonyl (C=O) groups excluding carboxylic acids is 1. The van der Waals surface area contributed by atoms with Gasteiger partial charge < -0.3 is 15.0 Å². The van der Waals surface area contributed by atoms with Crippen LogP contribution >= 0.6 is 0 Å². The lowest BCUT2D eigenvalue weighted by atomic mass is 9.88. The number of hydrogen-bond acceptors (Lipinski definition) is 4. The van der Waals surface area contributed by atoms with Crippen molar-refractivity contribution in [2.45, 2.75) is 38.2 Å². The highest BCUT2D eigenvalue weighted by atomic mass is 16.5. The fourth-order valence-electron chi connectivity index (χ4n) is 4.19. The number of H-pyrrole nitrogens is 1. The Morgan fingerprint density at radius 3 is 2.81 bits per heavy atom. The van der Waals surface area contributed by atoms with Crippen molar-refractivity contribution >= 4 is 5.91 Å². The Morgan fingerprint density at radius 1 is 1.26 bits per heavy atom. The summed E-state index contributed by atoms with van der Waals surface area (Å²) >= 11 is 0. The van der Waals surface area contributed by atoms with Gasteiger partial charge in [0, 0.05) is 43.4 Å². The van der Waals surface area contributed by atoms with Crippen LogP contribution in [0.1, 0.15) is 36.4 Å². The van der Waals surface area contributed by atoms with Crippen LogP contribution in [0, 0.1) is 6.92 Å². The van der Waals surface area contributed by atoms with Crippen LogP contribution in [0.25, 0.3) is 11.1 Å². The van der Waals surface area contributed by atoms with Gasteiger partial charge in [0.2, 0.25) is 5.91 Å². The number of rotatable bonds is 4. The highest BCUT2D eigenvalue weighted by Gasteiger charge is 2.28. The average Bonchev–Trinajstić information content (AvgIpc) is 3.19. The Morgan fingerprint density at radius 2 is 2.07 bits per heavy atom. The lowest BCUT2D eigenvalue weighted by molar-refractivity contribution is -0.135. The first kappa shape index (κ1) is 18.2. The van der Waals surface area contributed by atoms with Gasteiger partial charge in [-0.2, -0.15) is 5.10 Å². The molecule has 3 heterocycles. The van der Waals surface area contributed by atoms with Gasteiger partial charge in [0.05, 0.1) is 25.3 Å². The number of likely N-dealkylation sites (tertiary alicyclic amines) is 1. The van der Waals surface area contributed by atoms with Gasteiger partial charge in [-0.05, 0) is 30.9 Å². The summed E-state index contributed by atoms with van der Waals surface area (Å²) < 4.78 is 5.67. The highest BCUT2D eigenvalue weighted by molar-refractivity contribution is 5.77. The molecule has 0 radical (unpaired) electrons. The summed E-state index contributed by atoms with van der Waals surface area (Å²) in [5.41, 5.74) is 4.89. The van der Waals surface area contributed by atoms with E-state index in [1.54, 1.807) is 0 Å². The molecule has 1 aromatic heterocycles. The van der Waals surface area contributed by atoms with Crippen LogP contribution in [0.2, 0.25) is 0 Å². The van der Waals surface area contributed by atoms with Crippen molar-refractivity contribution in [3.8, 4) is 11.1 Å². The van der Waals surface area contributed by atoms with E-state index in [-0.39, 0.29) is 12.0 Å². The van der Waals surface area contributed by atoms with Gasteiger partial charge in [0.25, 0.3) is 0 Å². The molecule has 2 aliphatic heterocycles. The van der Waals surface area contributed by atoms with E-state index >= 15 is 0 Å². The largest absolute Gasteiger partial charge is 0.375 e. The van der Waals surface area contributed by atoms with Crippen molar-refractivity contribution < 1.29 is 9.53 Å². The van der Waals surface area contributed by atoms with Crippen LogP contribution in [0.5, 0.6) is 0 Å². The zero-order valence-electron chi connectivity index (χ0n) is 15.9. The van der Waals surface area contributed by atoms with Gasteiger partial charge in [-0.25, -0.2) is 0 Å². The predicted molar refractivity (Wildman–Crippen MR) is 105 cm³/mol. The number of aryl methyl sites for hydroxylation is 1. The summed E-state index contributed by atoms with van der Waals surface area (Å²) in [6.07, 6.45) is 4.37. The first-order valence-electron chi connectivity index (χ1n) is 9.91. The molecule has 0 saturated carbocycles. The minimum atomic E-state index is 0.0178. The zero-order valence-corrected chi connectivity index (χ0v) is 15.9. The fraction of sp³-hybridized carbons (Fsp3) is 0.524. The van der Waals surface area contributed by atoms with Gasteiger partial charge >= 0.3 is 0 Å². The summed E-state index contributed by atoms with van der Waals surface area (Å²) in [4.78, 5) is 14.6. The van der Waals surface area contributed by atoms with E-state index in [4.69, 9.17) is 4.74 Å². The number of ether oxygens (including phenoxy) is 1. The summed E-state index contributed by atoms with van der Waals surface area (Å²) in [5.74, 6) is 0.629. The van der Waals surface area contributed by atoms with Crippen LogP contribution in [-0.2, 0) is 9.53 Å². The molecular formula is C21H28N4O2. The molecular weight excluding hydrogens is 340 g/mol. The second-order valence-corrected chi connectivity index (χ2v) is 7.57. The monoisotopic (exact) mass is 368 g/mol. The molecule has 4 rings (SSSR count). The molecule has 0 spiro atoms. The number of amides is 1. The minimum Gasteiger partial charge on any atom is -0.375 e. The van der Waals surface area contributed by atoms with Crippen molar-refractivity contribution in [2.24, 2.45) is 0 Å². The first-order valence-corrected chi connectivity index (χ1v) is 9.91. The summed E-state index contributed by atoms with van der Waals surface area (Å²) in [6.45, 7) is 6.09. The molecule has 1 atom stereocenters. The van der Waals surface area contributed by atoms with Crippen LogP contribution in [0.4, 0.5) is 0 Å². The molecule has 1 amide bonds. The molecule has 2 aliphatic rings. The number of morpholine rings is 1. The SMILES string of the molecule is Cc1ccccc1-c1cn[nH]c1C1CCN(C(=O)C[C@@H]2CNCCO2)CC1. The number of piperidine rings is 1. The Hall–Kier alpha value is -2.18. The zero-order chi connectivity index (χ0) is 18.6. The van der Waals surface area contributed by atoms with Crippen molar-refractivity contribution in [2.75, 3.05) is 32.8 Å². The Labute approximate surface area is 160 Å². The fourth-order valence-corrected chi connectivity index (χ4v) is 4.19. The number of nitrogens with one attached hydrogen (secondary N) is 2. The number of nitrogens with zero attached hydrogens (tertiary/aromatic N) is 2. The molecule has 0 bridgehead atoms. The molecule has 2 saturated heterocycles. The maximum Gasteiger partial charge on any atom is 0.225 e. The van der Waals surface area contributed by atoms with Crippen molar-refractivity contribution in [3.63, 3.8) is 0 Å². The van der Waals surface area contributed by atoms with Gasteiger partial charge in [-0.1, -0.05) is 24.3 Å². The van der Waals surface area contributed by atoms with Crippen LogP contribution in [0.3, 0.4) is 0 Å². The Bertz CT molecular complexity index is 774. The number of carbonyl (C=O) groups is 1. The van der Waals surface area contributed by atoms with E-state index in [1.165, 1.54) is 22.4 Å². The average molecular weight is 368 g/mol. The molecule has 1 aromatic carbocycles. The van der Waals surface area contributed by atoms with Crippen molar-refractivity contribution in [3.05, 3.63) is 41.7 Å². The Balaban J connectivity index is 1.38. The Kier molecular flexibility index (Phi) is 5.55. The second-order valence-electron chi connectivity index (χ2n) is 7.57. The van der Waals surface area contributed by atoms with Gasteiger partial charge in [-0.3, -0.25) is 9.89 Å². The smallest absolute Gasteiger partial charge is 0.225 e. The number of aromatic nitrogens is 2. The third-order valence-corrected chi connectivity index (χ3v) is 5.77. The van der Waals surface area contributed by atoms with E-state index in [1.807, 2.05) is 11.1 Å². The third kappa shape index (κ3) is 4.06. The van der Waals surface area contributed by atoms with E-state index < -0.39 is 0 Å². The lowest BCUT2D eigenvalue weighted by Gasteiger charge is -2.33. The quantitative estimate of drug-likeness (QED) is 0.870. The summed E-state index contributed by atoms with van der Waals surface area (Å²) in [7, 11) is 0. The van der Waals surface area contributed by atoms with Crippen LogP contribution in [0.15, 0.2) is 30.5 Å². The molecule has 2 aromatic rings. The molecule has 2 fully saturated rings. The minimum absolute atomic E-state index is 0.0178. The first-order chi connectivity index (χ1) is 13.2. The van der Waals surface area contributed by atoms with E-state index in [9.17, 15) is 4.79 Å². The summed E-state index contributed by atoms with van der Waals surface area (Å²) in [5, 5.41) is 10.8. The maximum absolute atomic E-state index is 12.6. The molecule has 27 heavy (non-hydrogen) atoms. The van der Waals surface area contributed by atoms with Crippen molar-refractivity contribution in [1.82, 2.24) is 20.4 Å². The number of aromatic amines is 1. The molecule has 0 aliphatic carbocycles. The van der Waals surface area contributed by atoms with Crippen LogP contribution in [-0.4, -0.2) is 59.9 Å². The third-order valence-electron chi connectivity index (χ3n) is 5.77. The molecule has 144 valence electrons. The normalized spacial score (nSPS) is 21.4. The second kappa shape index (κ2) is 8.23. The van der Waals surface area contributed by atoms with Crippen LogP contribution < -0.4 is 5.32 Å². The topological polar surface area (TPSA) is 70.2 Å².